The number of ether oxygens (including phenoxy) is 1. The van der Waals surface area contributed by atoms with E-state index >= 15 is 0 Å². The molecule has 3 aromatic rings. The number of hydrogen-bond acceptors (Lipinski definition) is 8. The lowest BCUT2D eigenvalue weighted by molar-refractivity contribution is -0.125. The van der Waals surface area contributed by atoms with Gasteiger partial charge < -0.3 is 20.1 Å². The number of rotatable bonds is 5. The summed E-state index contributed by atoms with van der Waals surface area (Å²) in [5.74, 6) is -10.1. The maximum atomic E-state index is 14.5. The Labute approximate surface area is 295 Å². The molecule has 0 spiro atoms. The van der Waals surface area contributed by atoms with E-state index in [2.05, 4.69) is 15.9 Å². The quantitative estimate of drug-likeness (QED) is 0.173. The minimum atomic E-state index is -2.21. The van der Waals surface area contributed by atoms with E-state index in [0.717, 1.165) is 34.1 Å². The van der Waals surface area contributed by atoms with Gasteiger partial charge in [0.2, 0.25) is 11.8 Å². The first-order valence-electron chi connectivity index (χ1n) is 14.9. The van der Waals surface area contributed by atoms with Gasteiger partial charge in [-0.2, -0.15) is 0 Å². The third-order valence-electron chi connectivity index (χ3n) is 9.97. The number of imide groups is 2. The van der Waals surface area contributed by atoms with Crippen LogP contribution < -0.4 is 14.5 Å². The molecule has 2 saturated heterocycles. The molecule has 15 heteroatoms. The second-order valence-corrected chi connectivity index (χ2v) is 14.4. The first-order valence-corrected chi connectivity index (χ1v) is 16.4. The monoisotopic (exact) mass is 772 g/mol. The lowest BCUT2D eigenvalue weighted by atomic mass is 9.56. The Bertz CT molecular complexity index is 2060. The van der Waals surface area contributed by atoms with Crippen molar-refractivity contribution in [2.24, 2.45) is 17.8 Å². The molecule has 0 radical (unpaired) electrons. The third-order valence-corrected chi connectivity index (χ3v) is 12.0. The van der Waals surface area contributed by atoms with Gasteiger partial charge >= 0.3 is 5.97 Å². The average molecular weight is 774 g/mol. The number of methoxy groups -OCH3 is 1. The second-order valence-electron chi connectivity index (χ2n) is 12.3. The van der Waals surface area contributed by atoms with Crippen molar-refractivity contribution in [1.29, 1.82) is 0 Å². The Morgan fingerprint density at radius 2 is 1.61 bits per heavy atom. The molecule has 11 nitrogen and oxygen atoms in total. The van der Waals surface area contributed by atoms with Gasteiger partial charge in [0.1, 0.15) is 17.1 Å². The van der Waals surface area contributed by atoms with Gasteiger partial charge in [-0.1, -0.05) is 11.6 Å². The van der Waals surface area contributed by atoms with E-state index in [9.17, 15) is 43.7 Å². The molecule has 3 N–H and O–H groups in total. The van der Waals surface area contributed by atoms with Crippen LogP contribution in [-0.2, 0) is 19.2 Å². The fourth-order valence-corrected chi connectivity index (χ4v) is 9.18. The minimum Gasteiger partial charge on any atom is -0.507 e. The molecule has 49 heavy (non-hydrogen) atoms. The van der Waals surface area contributed by atoms with E-state index in [-0.39, 0.29) is 40.2 Å². The van der Waals surface area contributed by atoms with Crippen LogP contribution in [0.2, 0.25) is 0 Å². The van der Waals surface area contributed by atoms with E-state index in [1.54, 1.807) is 6.08 Å². The summed E-state index contributed by atoms with van der Waals surface area (Å²) >= 11 is 18.0. The summed E-state index contributed by atoms with van der Waals surface area (Å²) in [6.45, 7) is 0. The Morgan fingerprint density at radius 1 is 0.939 bits per heavy atom. The number of hydrogen-bond donors (Lipinski definition) is 3. The lowest BCUT2D eigenvalue weighted by Crippen LogP contribution is -2.60. The normalized spacial score (nSPS) is 29.0. The molecule has 2 heterocycles. The molecule has 3 aromatic carbocycles. The largest absolute Gasteiger partial charge is 0.507 e. The zero-order valence-corrected chi connectivity index (χ0v) is 28.3. The number of carboxylic acid groups (broad SMARTS) is 1. The van der Waals surface area contributed by atoms with Crippen LogP contribution in [0.5, 0.6) is 17.2 Å². The number of carbonyl (C=O) groups is 5. The van der Waals surface area contributed by atoms with Gasteiger partial charge in [0.05, 0.1) is 34.8 Å². The molecular formula is C34H24BrCl2FN2O9. The molecule has 7 rings (SSSR count). The number of carboxylic acids is 1. The third kappa shape index (κ3) is 4.48. The maximum absolute atomic E-state index is 14.5. The number of phenols is 2. The molecule has 6 atom stereocenters. The lowest BCUT2D eigenvalue weighted by Gasteiger charge is -2.50. The van der Waals surface area contributed by atoms with E-state index in [0.29, 0.717) is 11.1 Å². The van der Waals surface area contributed by atoms with E-state index in [1.165, 1.54) is 37.4 Å². The maximum Gasteiger partial charge on any atom is 0.339 e. The molecule has 3 fully saturated rings. The van der Waals surface area contributed by atoms with E-state index in [4.69, 9.17) is 27.9 Å². The summed E-state index contributed by atoms with van der Waals surface area (Å²) < 4.78 is 19.4. The van der Waals surface area contributed by atoms with Crippen LogP contribution in [0.4, 0.5) is 15.8 Å². The van der Waals surface area contributed by atoms with Crippen LogP contribution in [0.15, 0.2) is 70.7 Å². The van der Waals surface area contributed by atoms with Crippen molar-refractivity contribution >= 4 is 80.1 Å². The Kier molecular flexibility index (Phi) is 7.62. The van der Waals surface area contributed by atoms with Crippen molar-refractivity contribution in [3.8, 4) is 17.2 Å². The number of allylic oxidation sites excluding steroid dienone is 2. The Hall–Kier alpha value is -4.46. The van der Waals surface area contributed by atoms with Crippen molar-refractivity contribution in [2.75, 3.05) is 16.9 Å². The number of anilines is 2. The summed E-state index contributed by atoms with van der Waals surface area (Å²) in [6, 6.07) is 10.9. The van der Waals surface area contributed by atoms with Crippen LogP contribution in [0, 0.1) is 23.6 Å². The SMILES string of the molecule is COc1cc(C2C3=CCC4C(=O)N(c5ccc(C(=O)O)c(O)c5)C(=O)C4C3CC3(Cl)C(=O)N(c4ccc(F)cc4)C(=O)C23Cl)cc(Br)c1O. The Balaban J connectivity index is 1.40. The smallest absolute Gasteiger partial charge is 0.339 e. The first kappa shape index (κ1) is 33.1. The average Bonchev–Trinajstić information content (AvgIpc) is 3.40. The molecule has 1 saturated carbocycles. The van der Waals surface area contributed by atoms with Gasteiger partial charge in [0.25, 0.3) is 11.8 Å². The minimum absolute atomic E-state index is 0.0105. The van der Waals surface area contributed by atoms with Crippen molar-refractivity contribution in [3.05, 3.63) is 87.7 Å². The molecular weight excluding hydrogens is 750 g/mol. The number of halogens is 4. The number of alkyl halides is 2. The van der Waals surface area contributed by atoms with Gasteiger partial charge in [0.15, 0.2) is 21.2 Å². The zero-order valence-electron chi connectivity index (χ0n) is 25.2. The number of aromatic carboxylic acids is 1. The van der Waals surface area contributed by atoms with Crippen molar-refractivity contribution < 1.29 is 48.4 Å². The number of phenolic OH excluding ortho intramolecular Hbond substituents is 1. The summed E-state index contributed by atoms with van der Waals surface area (Å²) in [5, 5.41) is 30.3. The number of benzene rings is 3. The highest BCUT2D eigenvalue weighted by Gasteiger charge is 2.76. The van der Waals surface area contributed by atoms with Crippen molar-refractivity contribution in [3.63, 3.8) is 0 Å². The highest BCUT2D eigenvalue weighted by atomic mass is 79.9. The topological polar surface area (TPSA) is 162 Å². The Morgan fingerprint density at radius 3 is 2.24 bits per heavy atom. The van der Waals surface area contributed by atoms with E-state index in [1.807, 2.05) is 0 Å². The van der Waals surface area contributed by atoms with Crippen LogP contribution in [0.3, 0.4) is 0 Å². The molecule has 2 aliphatic heterocycles. The number of fused-ring (bicyclic) bond motifs is 4. The van der Waals surface area contributed by atoms with Gasteiger partial charge in [-0.05, 0) is 88.8 Å². The van der Waals surface area contributed by atoms with Gasteiger partial charge in [-0.3, -0.25) is 19.2 Å². The first-order chi connectivity index (χ1) is 23.1. The molecule has 6 unspecified atom stereocenters. The predicted molar refractivity (Wildman–Crippen MR) is 177 cm³/mol. The van der Waals surface area contributed by atoms with Gasteiger partial charge in [0, 0.05) is 12.0 Å². The van der Waals surface area contributed by atoms with E-state index < -0.39 is 80.1 Å². The van der Waals surface area contributed by atoms with Crippen LogP contribution in [-0.4, -0.2) is 61.8 Å². The van der Waals surface area contributed by atoms with Gasteiger partial charge in [-0.25, -0.2) is 19.0 Å². The zero-order chi connectivity index (χ0) is 35.3. The molecule has 2 aliphatic carbocycles. The molecule has 0 aromatic heterocycles. The number of amides is 4. The van der Waals surface area contributed by atoms with Crippen molar-refractivity contribution in [1.82, 2.24) is 0 Å². The molecule has 4 aliphatic rings. The summed E-state index contributed by atoms with van der Waals surface area (Å²) in [5.41, 5.74) is 0.316. The fourth-order valence-electron chi connectivity index (χ4n) is 7.78. The molecule has 0 bridgehead atoms. The number of carbonyl (C=O) groups excluding carboxylic acids is 4. The van der Waals surface area contributed by atoms with Crippen molar-refractivity contribution in [2.45, 2.75) is 28.5 Å². The fraction of sp³-hybridized carbons (Fsp3) is 0.265. The molecule has 252 valence electrons. The number of nitrogens with zero attached hydrogens (tertiary/aromatic N) is 2. The second kappa shape index (κ2) is 11.3. The van der Waals surface area contributed by atoms with Crippen LogP contribution in [0.1, 0.15) is 34.7 Å². The summed E-state index contributed by atoms with van der Waals surface area (Å²) in [6.07, 6.45) is 1.41. The summed E-state index contributed by atoms with van der Waals surface area (Å²) in [4.78, 5) is 65.7. The molecule has 4 amide bonds. The standard InChI is InChI=1S/C34H24BrCl2FN2O9/c1-49-24-11-14(10-22(35)27(24)42)26-18-8-9-20-25(29(44)39(28(20)43)17-6-7-19(30(45)46)23(41)12-17)21(18)13-33(36)31(47)40(32(48)34(26,33)37)16-4-2-15(38)3-5-16/h2-8,10-12,20-21,25-26,41-42H,9,13H2,1H3,(H,45,46). The number of aromatic hydroxyl groups is 2. The van der Waals surface area contributed by atoms with Crippen LogP contribution in [0.25, 0.3) is 0 Å². The highest BCUT2D eigenvalue weighted by molar-refractivity contribution is 9.10. The van der Waals surface area contributed by atoms with Gasteiger partial charge in [-0.15, -0.1) is 23.2 Å². The van der Waals surface area contributed by atoms with Crippen LogP contribution >= 0.6 is 39.1 Å². The summed E-state index contributed by atoms with van der Waals surface area (Å²) in [7, 11) is 1.32. The predicted octanol–water partition coefficient (Wildman–Crippen LogP) is 5.47. The highest BCUT2D eigenvalue weighted by Crippen LogP contribution is 2.66.